The van der Waals surface area contributed by atoms with Crippen LogP contribution in [-0.4, -0.2) is 57.4 Å². The predicted octanol–water partition coefficient (Wildman–Crippen LogP) is 0.826. The molecule has 2 N–H and O–H groups in total. The number of ether oxygens (including phenoxy) is 1. The Hall–Kier alpha value is -1.68. The Kier molecular flexibility index (Phi) is 6.77. The van der Waals surface area contributed by atoms with E-state index in [1.165, 1.54) is 29.4 Å². The van der Waals surface area contributed by atoms with Gasteiger partial charge in [0, 0.05) is 38.7 Å². The van der Waals surface area contributed by atoms with Gasteiger partial charge in [-0.15, -0.1) is 0 Å². The number of amides is 2. The molecule has 0 spiro atoms. The third kappa shape index (κ3) is 5.40. The number of sulfonamides is 1. The molecule has 0 aromatic heterocycles. The van der Waals surface area contributed by atoms with Crippen LogP contribution >= 0.6 is 11.6 Å². The summed E-state index contributed by atoms with van der Waals surface area (Å²) in [6.45, 7) is 2.73. The van der Waals surface area contributed by atoms with Gasteiger partial charge in [0.2, 0.25) is 21.8 Å². The van der Waals surface area contributed by atoms with E-state index in [4.69, 9.17) is 16.3 Å². The number of nitrogens with zero attached hydrogens (tertiary/aromatic N) is 1. The van der Waals surface area contributed by atoms with Gasteiger partial charge >= 0.3 is 0 Å². The standard InChI is InChI=1S/C15H20ClN3O5S/c1-11(20)17-5-4-15(21)18-12-2-3-13(16)14(10-12)25(22,23)19-6-8-24-9-7-19/h2-3,10H,4-9H2,1H3,(H,17,20)(H,18,21). The van der Waals surface area contributed by atoms with Gasteiger partial charge in [0.1, 0.15) is 4.90 Å². The van der Waals surface area contributed by atoms with E-state index in [1.807, 2.05) is 0 Å². The molecule has 1 aliphatic rings. The maximum atomic E-state index is 12.7. The van der Waals surface area contributed by atoms with E-state index in [0.29, 0.717) is 18.9 Å². The van der Waals surface area contributed by atoms with Gasteiger partial charge in [-0.05, 0) is 18.2 Å². The molecular weight excluding hydrogens is 370 g/mol. The molecular formula is C15H20ClN3O5S. The second-order valence-corrected chi connectivity index (χ2v) is 7.76. The number of hydrogen-bond donors (Lipinski definition) is 2. The summed E-state index contributed by atoms with van der Waals surface area (Å²) in [4.78, 5) is 22.6. The van der Waals surface area contributed by atoms with Crippen molar-refractivity contribution in [3.8, 4) is 0 Å². The van der Waals surface area contributed by atoms with Gasteiger partial charge in [-0.2, -0.15) is 4.31 Å². The van der Waals surface area contributed by atoms with Crippen LogP contribution in [0.4, 0.5) is 5.69 Å². The summed E-state index contributed by atoms with van der Waals surface area (Å²) in [6.07, 6.45) is 0.0771. The molecule has 0 bridgehead atoms. The molecule has 0 atom stereocenters. The molecule has 0 saturated carbocycles. The molecule has 0 radical (unpaired) electrons. The fourth-order valence-electron chi connectivity index (χ4n) is 2.28. The van der Waals surface area contributed by atoms with Gasteiger partial charge in [0.15, 0.2) is 0 Å². The monoisotopic (exact) mass is 389 g/mol. The molecule has 2 rings (SSSR count). The topological polar surface area (TPSA) is 105 Å². The second kappa shape index (κ2) is 8.61. The Morgan fingerprint density at radius 3 is 2.60 bits per heavy atom. The molecule has 10 heteroatoms. The van der Waals surface area contributed by atoms with Crippen LogP contribution in [0.25, 0.3) is 0 Å². The van der Waals surface area contributed by atoms with E-state index in [9.17, 15) is 18.0 Å². The molecule has 25 heavy (non-hydrogen) atoms. The largest absolute Gasteiger partial charge is 0.379 e. The predicted molar refractivity (Wildman–Crippen MR) is 93.0 cm³/mol. The van der Waals surface area contributed by atoms with Crippen molar-refractivity contribution in [3.63, 3.8) is 0 Å². The van der Waals surface area contributed by atoms with Crippen LogP contribution in [0.3, 0.4) is 0 Å². The summed E-state index contributed by atoms with van der Waals surface area (Å²) in [7, 11) is -3.77. The van der Waals surface area contributed by atoms with Crippen molar-refractivity contribution in [1.82, 2.24) is 9.62 Å². The Bertz CT molecular complexity index is 748. The number of morpholine rings is 1. The van der Waals surface area contributed by atoms with Crippen LogP contribution in [0.1, 0.15) is 13.3 Å². The number of nitrogens with one attached hydrogen (secondary N) is 2. The van der Waals surface area contributed by atoms with Crippen LogP contribution in [0.15, 0.2) is 23.1 Å². The molecule has 8 nitrogen and oxygen atoms in total. The van der Waals surface area contributed by atoms with E-state index in [0.717, 1.165) is 0 Å². The SMILES string of the molecule is CC(=O)NCCC(=O)Nc1ccc(Cl)c(S(=O)(=O)N2CCOCC2)c1. The summed E-state index contributed by atoms with van der Waals surface area (Å²) < 4.78 is 31.9. The second-order valence-electron chi connectivity index (χ2n) is 5.44. The summed E-state index contributed by atoms with van der Waals surface area (Å²) in [6, 6.07) is 4.29. The average molecular weight is 390 g/mol. The third-order valence-electron chi connectivity index (χ3n) is 3.53. The lowest BCUT2D eigenvalue weighted by Gasteiger charge is -2.26. The van der Waals surface area contributed by atoms with E-state index in [-0.39, 0.29) is 47.8 Å². The zero-order valence-corrected chi connectivity index (χ0v) is 15.3. The lowest BCUT2D eigenvalue weighted by molar-refractivity contribution is -0.119. The first kappa shape index (κ1) is 19.6. The molecule has 1 aromatic rings. The molecule has 1 heterocycles. The first-order valence-electron chi connectivity index (χ1n) is 7.72. The van der Waals surface area contributed by atoms with E-state index >= 15 is 0 Å². The third-order valence-corrected chi connectivity index (χ3v) is 5.91. The fraction of sp³-hybridized carbons (Fsp3) is 0.467. The van der Waals surface area contributed by atoms with E-state index in [1.54, 1.807) is 0 Å². The average Bonchev–Trinajstić information content (AvgIpc) is 2.57. The first-order valence-corrected chi connectivity index (χ1v) is 9.54. The maximum Gasteiger partial charge on any atom is 0.244 e. The lowest BCUT2D eigenvalue weighted by atomic mass is 10.3. The van der Waals surface area contributed by atoms with Crippen molar-refractivity contribution < 1.29 is 22.7 Å². The highest BCUT2D eigenvalue weighted by Crippen LogP contribution is 2.28. The quantitative estimate of drug-likeness (QED) is 0.749. The van der Waals surface area contributed by atoms with E-state index in [2.05, 4.69) is 10.6 Å². The van der Waals surface area contributed by atoms with Gasteiger partial charge in [-0.3, -0.25) is 9.59 Å². The molecule has 1 aromatic carbocycles. The number of benzene rings is 1. The minimum Gasteiger partial charge on any atom is -0.379 e. The summed E-state index contributed by atoms with van der Waals surface area (Å²) in [5.41, 5.74) is 0.323. The highest BCUT2D eigenvalue weighted by molar-refractivity contribution is 7.89. The molecule has 138 valence electrons. The Morgan fingerprint density at radius 2 is 1.96 bits per heavy atom. The van der Waals surface area contributed by atoms with Crippen LogP contribution in [0.2, 0.25) is 5.02 Å². The highest BCUT2D eigenvalue weighted by atomic mass is 35.5. The fourth-order valence-corrected chi connectivity index (χ4v) is 4.19. The van der Waals surface area contributed by atoms with Crippen molar-refractivity contribution >= 4 is 39.1 Å². The number of hydrogen-bond acceptors (Lipinski definition) is 5. The van der Waals surface area contributed by atoms with Crippen LogP contribution in [0, 0.1) is 0 Å². The normalized spacial score (nSPS) is 15.6. The van der Waals surface area contributed by atoms with Gasteiger partial charge in [-0.25, -0.2) is 8.42 Å². The molecule has 0 unspecified atom stereocenters. The molecule has 0 aliphatic carbocycles. The number of carbonyl (C=O) groups is 2. The molecule has 1 fully saturated rings. The number of carbonyl (C=O) groups excluding carboxylic acids is 2. The summed E-state index contributed by atoms with van der Waals surface area (Å²) in [5.74, 6) is -0.566. The minimum absolute atomic E-state index is 0.0595. The Balaban J connectivity index is 2.11. The summed E-state index contributed by atoms with van der Waals surface area (Å²) >= 11 is 6.06. The van der Waals surface area contributed by atoms with Crippen molar-refractivity contribution in [2.75, 3.05) is 38.2 Å². The highest BCUT2D eigenvalue weighted by Gasteiger charge is 2.28. The molecule has 1 aliphatic heterocycles. The lowest BCUT2D eigenvalue weighted by Crippen LogP contribution is -2.40. The molecule has 2 amide bonds. The van der Waals surface area contributed by atoms with Crippen molar-refractivity contribution in [3.05, 3.63) is 23.2 Å². The van der Waals surface area contributed by atoms with Crippen LogP contribution < -0.4 is 10.6 Å². The Labute approximate surface area is 151 Å². The van der Waals surface area contributed by atoms with E-state index < -0.39 is 10.0 Å². The smallest absolute Gasteiger partial charge is 0.244 e. The van der Waals surface area contributed by atoms with Crippen molar-refractivity contribution in [2.45, 2.75) is 18.2 Å². The minimum atomic E-state index is -3.77. The maximum absolute atomic E-state index is 12.7. The molecule has 1 saturated heterocycles. The van der Waals surface area contributed by atoms with Gasteiger partial charge in [-0.1, -0.05) is 11.6 Å². The zero-order chi connectivity index (χ0) is 18.4. The van der Waals surface area contributed by atoms with Crippen LogP contribution in [-0.2, 0) is 24.3 Å². The first-order chi connectivity index (χ1) is 11.8. The Morgan fingerprint density at radius 1 is 1.28 bits per heavy atom. The number of anilines is 1. The van der Waals surface area contributed by atoms with Crippen molar-refractivity contribution in [2.24, 2.45) is 0 Å². The van der Waals surface area contributed by atoms with Crippen molar-refractivity contribution in [1.29, 1.82) is 0 Å². The number of rotatable bonds is 6. The zero-order valence-electron chi connectivity index (χ0n) is 13.7. The van der Waals surface area contributed by atoms with Gasteiger partial charge in [0.25, 0.3) is 0 Å². The summed E-state index contributed by atoms with van der Waals surface area (Å²) in [5, 5.41) is 5.20. The number of halogens is 1. The van der Waals surface area contributed by atoms with Gasteiger partial charge in [0.05, 0.1) is 18.2 Å². The van der Waals surface area contributed by atoms with Crippen LogP contribution in [0.5, 0.6) is 0 Å². The van der Waals surface area contributed by atoms with Gasteiger partial charge < -0.3 is 15.4 Å².